The number of pyridine rings is 1. The van der Waals surface area contributed by atoms with Crippen LogP contribution in [0.25, 0.3) is 0 Å². The fraction of sp³-hybridized carbons (Fsp3) is 0.368. The lowest BCUT2D eigenvalue weighted by Gasteiger charge is -2.28. The van der Waals surface area contributed by atoms with Gasteiger partial charge in [-0.15, -0.1) is 0 Å². The van der Waals surface area contributed by atoms with Crippen LogP contribution in [-0.2, 0) is 6.42 Å². The highest BCUT2D eigenvalue weighted by atomic mass is 35.5. The highest BCUT2D eigenvalue weighted by molar-refractivity contribution is 6.35. The monoisotopic (exact) mass is 377 g/mol. The number of halogens is 2. The largest absolute Gasteiger partial charge is 0.370 e. The number of carbonyl (C=O) groups is 1. The third-order valence-corrected chi connectivity index (χ3v) is 4.99. The van der Waals surface area contributed by atoms with Gasteiger partial charge in [0.15, 0.2) is 0 Å². The van der Waals surface area contributed by atoms with Gasteiger partial charge in [-0.1, -0.05) is 29.3 Å². The molecule has 0 atom stereocenters. The summed E-state index contributed by atoms with van der Waals surface area (Å²) < 4.78 is 0. The number of hydrogen-bond donors (Lipinski definition) is 1. The van der Waals surface area contributed by atoms with Crippen LogP contribution in [0.3, 0.4) is 0 Å². The molecule has 0 aliphatic carbocycles. The zero-order valence-corrected chi connectivity index (χ0v) is 15.5. The Hall–Kier alpha value is -1.78. The fourth-order valence-electron chi connectivity index (χ4n) is 3.01. The first-order valence-electron chi connectivity index (χ1n) is 8.55. The molecule has 1 aromatic heterocycles. The number of piperidine rings is 1. The molecule has 1 N–H and O–H groups in total. The van der Waals surface area contributed by atoms with Gasteiger partial charge in [-0.05, 0) is 49.4 Å². The van der Waals surface area contributed by atoms with Crippen LogP contribution in [0.2, 0.25) is 10.0 Å². The van der Waals surface area contributed by atoms with Crippen LogP contribution in [0, 0.1) is 0 Å². The van der Waals surface area contributed by atoms with Gasteiger partial charge in [0.2, 0.25) is 0 Å². The zero-order valence-electron chi connectivity index (χ0n) is 14.0. The normalized spacial score (nSPS) is 14.4. The quantitative estimate of drug-likeness (QED) is 0.841. The van der Waals surface area contributed by atoms with Crippen LogP contribution in [0.1, 0.15) is 35.2 Å². The number of amides is 1. The molecule has 6 heteroatoms. The molecule has 0 unspecified atom stereocenters. The number of aromatic nitrogens is 1. The van der Waals surface area contributed by atoms with Crippen molar-refractivity contribution in [2.45, 2.75) is 25.7 Å². The van der Waals surface area contributed by atoms with Crippen molar-refractivity contribution in [2.75, 3.05) is 24.5 Å². The molecule has 1 aliphatic heterocycles. The van der Waals surface area contributed by atoms with Crippen molar-refractivity contribution >= 4 is 34.8 Å². The first-order valence-corrected chi connectivity index (χ1v) is 9.31. The highest BCUT2D eigenvalue weighted by Crippen LogP contribution is 2.21. The first-order chi connectivity index (χ1) is 12.1. The maximum absolute atomic E-state index is 12.4. The minimum Gasteiger partial charge on any atom is -0.370 e. The van der Waals surface area contributed by atoms with E-state index in [-0.39, 0.29) is 5.91 Å². The number of rotatable bonds is 5. The Morgan fingerprint density at radius 1 is 1.12 bits per heavy atom. The lowest BCUT2D eigenvalue weighted by Crippen LogP contribution is -2.30. The molecule has 0 bridgehead atoms. The third kappa shape index (κ3) is 4.86. The molecule has 132 valence electrons. The molecule has 4 nitrogen and oxygen atoms in total. The summed E-state index contributed by atoms with van der Waals surface area (Å²) in [5, 5.41) is 4.16. The zero-order chi connectivity index (χ0) is 17.6. The average Bonchev–Trinajstić information content (AvgIpc) is 2.64. The molecule has 1 amide bonds. The molecule has 1 aromatic carbocycles. The Bertz CT molecular complexity index is 745. The summed E-state index contributed by atoms with van der Waals surface area (Å²) >= 11 is 12.1. The first kappa shape index (κ1) is 18.0. The number of nitrogens with one attached hydrogen (secondary N) is 1. The second-order valence-electron chi connectivity index (χ2n) is 6.22. The Balaban J connectivity index is 1.57. The van der Waals surface area contributed by atoms with Crippen molar-refractivity contribution in [1.82, 2.24) is 10.3 Å². The lowest BCUT2D eigenvalue weighted by atomic mass is 10.1. The molecule has 2 heterocycles. The molecule has 1 saturated heterocycles. The molecular weight excluding hydrogens is 357 g/mol. The van der Waals surface area contributed by atoms with Crippen LogP contribution < -0.4 is 10.2 Å². The summed E-state index contributed by atoms with van der Waals surface area (Å²) in [6, 6.07) is 7.32. The Morgan fingerprint density at radius 3 is 2.68 bits per heavy atom. The molecule has 3 rings (SSSR count). The summed E-state index contributed by atoms with van der Waals surface area (Å²) in [7, 11) is 0. The predicted molar refractivity (Wildman–Crippen MR) is 103 cm³/mol. The maximum Gasteiger partial charge on any atom is 0.252 e. The summed E-state index contributed by atoms with van der Waals surface area (Å²) in [6.45, 7) is 2.57. The third-order valence-electron chi connectivity index (χ3n) is 4.40. The molecule has 0 spiro atoms. The highest BCUT2D eigenvalue weighted by Gasteiger charge is 2.14. The summed E-state index contributed by atoms with van der Waals surface area (Å²) in [5.74, 6) is -0.114. The predicted octanol–water partition coefficient (Wildman–Crippen LogP) is 4.35. The maximum atomic E-state index is 12.4. The van der Waals surface area contributed by atoms with Gasteiger partial charge in [0.25, 0.3) is 5.91 Å². The fourth-order valence-corrected chi connectivity index (χ4v) is 3.52. The molecule has 0 saturated carbocycles. The van der Waals surface area contributed by atoms with E-state index in [1.165, 1.54) is 19.3 Å². The van der Waals surface area contributed by atoms with E-state index in [2.05, 4.69) is 15.2 Å². The van der Waals surface area contributed by atoms with Crippen LogP contribution in [0.4, 0.5) is 5.69 Å². The second kappa shape index (κ2) is 8.54. The van der Waals surface area contributed by atoms with E-state index in [9.17, 15) is 4.79 Å². The van der Waals surface area contributed by atoms with E-state index in [4.69, 9.17) is 23.2 Å². The van der Waals surface area contributed by atoms with Crippen molar-refractivity contribution in [2.24, 2.45) is 0 Å². The van der Waals surface area contributed by atoms with E-state index >= 15 is 0 Å². The second-order valence-corrected chi connectivity index (χ2v) is 7.06. The van der Waals surface area contributed by atoms with Gasteiger partial charge in [0.1, 0.15) is 0 Å². The van der Waals surface area contributed by atoms with Gasteiger partial charge in [0, 0.05) is 35.9 Å². The molecule has 0 radical (unpaired) electrons. The van der Waals surface area contributed by atoms with Crippen LogP contribution in [0.5, 0.6) is 0 Å². The van der Waals surface area contributed by atoms with E-state index < -0.39 is 0 Å². The van der Waals surface area contributed by atoms with Crippen molar-refractivity contribution in [3.8, 4) is 0 Å². The van der Waals surface area contributed by atoms with E-state index in [0.29, 0.717) is 28.6 Å². The number of nitrogens with zero attached hydrogens (tertiary/aromatic N) is 2. The SMILES string of the molecule is O=C(NCCc1ccc(Cl)cc1Cl)c1cncc(N2CCCCC2)c1. The number of anilines is 1. The van der Waals surface area contributed by atoms with Gasteiger partial charge in [-0.25, -0.2) is 0 Å². The van der Waals surface area contributed by atoms with Gasteiger partial charge < -0.3 is 10.2 Å². The number of benzene rings is 1. The number of carbonyl (C=O) groups excluding carboxylic acids is 1. The van der Waals surface area contributed by atoms with Gasteiger partial charge in [-0.2, -0.15) is 0 Å². The minimum absolute atomic E-state index is 0.114. The summed E-state index contributed by atoms with van der Waals surface area (Å²) in [5.41, 5.74) is 2.57. The van der Waals surface area contributed by atoms with Crippen LogP contribution in [0.15, 0.2) is 36.7 Å². The molecule has 25 heavy (non-hydrogen) atoms. The Labute approximate surface area is 158 Å². The van der Waals surface area contributed by atoms with Crippen LogP contribution >= 0.6 is 23.2 Å². The topological polar surface area (TPSA) is 45.2 Å². The molecular formula is C19H21Cl2N3O. The Morgan fingerprint density at radius 2 is 1.92 bits per heavy atom. The van der Waals surface area contributed by atoms with Gasteiger partial charge in [0.05, 0.1) is 17.4 Å². The summed E-state index contributed by atoms with van der Waals surface area (Å²) in [4.78, 5) is 18.9. The van der Waals surface area contributed by atoms with E-state index in [1.54, 1.807) is 18.3 Å². The average molecular weight is 378 g/mol. The smallest absolute Gasteiger partial charge is 0.252 e. The van der Waals surface area contributed by atoms with Crippen molar-refractivity contribution in [3.63, 3.8) is 0 Å². The Kier molecular flexibility index (Phi) is 6.16. The van der Waals surface area contributed by atoms with Crippen LogP contribution in [-0.4, -0.2) is 30.5 Å². The molecule has 1 aliphatic rings. The standard InChI is InChI=1S/C19H21Cl2N3O/c20-16-5-4-14(18(21)11-16)6-7-23-19(25)15-10-17(13-22-12-15)24-8-2-1-3-9-24/h4-5,10-13H,1-3,6-9H2,(H,23,25). The van der Waals surface area contributed by atoms with Crippen molar-refractivity contribution < 1.29 is 4.79 Å². The number of hydrogen-bond acceptors (Lipinski definition) is 3. The van der Waals surface area contributed by atoms with Crippen molar-refractivity contribution in [1.29, 1.82) is 0 Å². The lowest BCUT2D eigenvalue weighted by molar-refractivity contribution is 0.0954. The van der Waals surface area contributed by atoms with E-state index in [0.717, 1.165) is 24.3 Å². The van der Waals surface area contributed by atoms with Gasteiger partial charge in [-0.3, -0.25) is 9.78 Å². The molecule has 2 aromatic rings. The van der Waals surface area contributed by atoms with Gasteiger partial charge >= 0.3 is 0 Å². The van der Waals surface area contributed by atoms with E-state index in [1.807, 2.05) is 18.3 Å². The molecule has 1 fully saturated rings. The van der Waals surface area contributed by atoms with Crippen molar-refractivity contribution in [3.05, 3.63) is 57.8 Å². The minimum atomic E-state index is -0.114. The summed E-state index contributed by atoms with van der Waals surface area (Å²) in [6.07, 6.45) is 7.75.